The second-order valence-corrected chi connectivity index (χ2v) is 29.2. The van der Waals surface area contributed by atoms with Crippen LogP contribution in [0.5, 0.6) is 28.7 Å². The van der Waals surface area contributed by atoms with Crippen molar-refractivity contribution in [3.8, 4) is 73.8 Å². The summed E-state index contributed by atoms with van der Waals surface area (Å²) in [4.78, 5) is 9.26. The molecule has 113 heavy (non-hydrogen) atoms. The van der Waals surface area contributed by atoms with Crippen LogP contribution in [0.25, 0.3) is 45.0 Å². The van der Waals surface area contributed by atoms with Gasteiger partial charge in [0.05, 0.1) is 105 Å². The van der Waals surface area contributed by atoms with Gasteiger partial charge < -0.3 is 67.0 Å². The molecule has 0 bridgehead atoms. The van der Waals surface area contributed by atoms with Crippen LogP contribution < -0.4 is 23.7 Å². The molecule has 3 N–H and O–H groups in total. The number of unbranched alkanes of at least 4 members (excludes halogenated alkanes) is 4. The molecular formula is C89H144F2N12O10. The van der Waals surface area contributed by atoms with E-state index in [4.69, 9.17) is 47.4 Å². The summed E-state index contributed by atoms with van der Waals surface area (Å²) < 4.78 is 83.3. The zero-order valence-corrected chi connectivity index (χ0v) is 69.4. The highest BCUT2D eigenvalue weighted by Crippen LogP contribution is 2.36. The van der Waals surface area contributed by atoms with Gasteiger partial charge in [0, 0.05) is 112 Å². The predicted octanol–water partition coefficient (Wildman–Crippen LogP) is 19.6. The number of nitrogens with zero attached hydrogens (tertiary/aromatic N) is 9. The number of ether oxygens (including phenoxy) is 10. The zero-order chi connectivity index (χ0) is 79.6. The van der Waals surface area contributed by atoms with Crippen LogP contribution in [-0.2, 0) is 56.4 Å². The number of halogens is 2. The summed E-state index contributed by atoms with van der Waals surface area (Å²) >= 11 is 0. The zero-order valence-electron chi connectivity index (χ0n) is 69.4. The van der Waals surface area contributed by atoms with Gasteiger partial charge in [0.1, 0.15) is 42.0 Å². The van der Waals surface area contributed by atoms with Gasteiger partial charge in [-0.2, -0.15) is 29.2 Å². The average Bonchev–Trinajstić information content (AvgIpc) is 1.72. The minimum atomic E-state index is -3.29. The molecule has 8 aromatic rings. The number of aromatic amines is 3. The third kappa shape index (κ3) is 36.3. The van der Waals surface area contributed by atoms with Crippen LogP contribution in [0.4, 0.5) is 8.78 Å². The quantitative estimate of drug-likeness (QED) is 0.0303. The molecule has 0 unspecified atom stereocenters. The van der Waals surface area contributed by atoms with Crippen LogP contribution in [-0.4, -0.2) is 213 Å². The van der Waals surface area contributed by atoms with Crippen molar-refractivity contribution in [3.05, 3.63) is 138 Å². The first-order valence-corrected chi connectivity index (χ1v) is 39.7. The molecule has 1 saturated carbocycles. The highest BCUT2D eigenvalue weighted by atomic mass is 19.3. The largest absolute Gasteiger partial charge is 0.491 e. The Hall–Kier alpha value is -7.78. The van der Waals surface area contributed by atoms with Gasteiger partial charge in [-0.15, -0.1) is 0 Å². The van der Waals surface area contributed by atoms with Crippen molar-refractivity contribution in [3.63, 3.8) is 0 Å². The van der Waals surface area contributed by atoms with E-state index in [0.717, 1.165) is 147 Å². The van der Waals surface area contributed by atoms with Crippen molar-refractivity contribution in [2.45, 2.75) is 225 Å². The molecule has 9 rings (SSSR count). The second kappa shape index (κ2) is 54.9. The topological polar surface area (TPSA) is 209 Å². The van der Waals surface area contributed by atoms with Crippen molar-refractivity contribution in [1.82, 2.24) is 60.0 Å². The van der Waals surface area contributed by atoms with E-state index in [1.54, 1.807) is 46.8 Å². The van der Waals surface area contributed by atoms with Crippen LogP contribution in [0.15, 0.2) is 110 Å². The summed E-state index contributed by atoms with van der Waals surface area (Å²) in [5, 5.41) is 26.7. The molecule has 0 spiro atoms. The first-order chi connectivity index (χ1) is 53.1. The van der Waals surface area contributed by atoms with E-state index < -0.39 is 6.11 Å². The van der Waals surface area contributed by atoms with Gasteiger partial charge in [-0.25, -0.2) is 0 Å². The summed E-state index contributed by atoms with van der Waals surface area (Å²) in [6.07, 6.45) is 18.8. The molecule has 24 heteroatoms. The number of aromatic nitrogens is 8. The molecule has 0 atom stereocenters. The smallest absolute Gasteiger partial charge is 0.394 e. The number of rotatable bonds is 46. The fraction of sp³-hybridized carbons (Fsp3) is 0.596. The van der Waals surface area contributed by atoms with Crippen LogP contribution in [0.2, 0.25) is 0 Å². The van der Waals surface area contributed by atoms with E-state index in [2.05, 4.69) is 173 Å². The molecule has 22 nitrogen and oxygen atoms in total. The predicted molar refractivity (Wildman–Crippen MR) is 457 cm³/mol. The maximum absolute atomic E-state index is 13.4. The van der Waals surface area contributed by atoms with Crippen molar-refractivity contribution in [2.24, 2.45) is 0 Å². The van der Waals surface area contributed by atoms with E-state index in [9.17, 15) is 8.78 Å². The highest BCUT2D eigenvalue weighted by Gasteiger charge is 2.26. The van der Waals surface area contributed by atoms with Gasteiger partial charge in [-0.3, -0.25) is 20.0 Å². The molecule has 1 aliphatic carbocycles. The highest BCUT2D eigenvalue weighted by molar-refractivity contribution is 5.68. The normalized spacial score (nSPS) is 13.4. The molecule has 1 aliphatic rings. The number of hydrogen-bond donors (Lipinski definition) is 3. The Morgan fingerprint density at radius 2 is 0.867 bits per heavy atom. The number of H-pyrrole nitrogens is 3. The third-order valence-corrected chi connectivity index (χ3v) is 18.6. The van der Waals surface area contributed by atoms with Gasteiger partial charge in [-0.1, -0.05) is 89.5 Å². The summed E-state index contributed by atoms with van der Waals surface area (Å²) in [6.45, 7) is 30.2. The molecule has 0 saturated heterocycles. The molecule has 634 valence electrons. The molecule has 0 amide bonds. The lowest BCUT2D eigenvalue weighted by atomic mass is 9.95. The number of benzene rings is 4. The molecule has 4 aromatic carbocycles. The molecule has 0 aliphatic heterocycles. The van der Waals surface area contributed by atoms with Gasteiger partial charge >= 0.3 is 6.11 Å². The standard InChI is InChI=1S/C24H37N3O3.2C21H33N3O2.C20H29F2N3O3.3CH4/c1-4-5-14-27(2)18-20-17-25-26-24(20)19-6-8-22(9-7-19)30-23-12-10-21(11-13-23)29-16-15-28-3;1-6-7-12-23(4)16-19-15-22-24(13-14-25-5)21(19)18-8-10-20(11-9-18)26-17(2)3;1-6-7-8-24(4)15-19-14-22-23-21(19)18-11-17(16(2)3)12-20(13-18)26-10-9-25-5;1-5-6-7-25(3)14-16-13-23-24-19(16)15-10-17(27-9-8-26-4)12-18(11-15)28-20(2,21)22;;;/h6-9,17,21,23H,4-5,10-16,18H2,1-3H3,(H,25,26);8-11,15,17H,6-7,12-14,16H2,1-5H3;11-14,16H,6-10,15H2,1-5H3,(H,22,23);10-13H,5-9,14H2,1-4H3,(H,23,24);3*1H4. The molecule has 1 fully saturated rings. The number of hydrogen-bond acceptors (Lipinski definition) is 18. The van der Waals surface area contributed by atoms with Crippen molar-refractivity contribution < 1.29 is 56.1 Å². The van der Waals surface area contributed by atoms with Crippen LogP contribution in [0, 0.1) is 0 Å². The molecule has 4 aromatic heterocycles. The fourth-order valence-electron chi connectivity index (χ4n) is 12.7. The van der Waals surface area contributed by atoms with Crippen LogP contribution >= 0.6 is 0 Å². The minimum absolute atomic E-state index is 0. The Morgan fingerprint density at radius 3 is 1.31 bits per heavy atom. The Bertz CT molecular complexity index is 3740. The summed E-state index contributed by atoms with van der Waals surface area (Å²) in [7, 11) is 15.2. The second-order valence-electron chi connectivity index (χ2n) is 29.2. The number of nitrogens with one attached hydrogen (secondary N) is 3. The number of methoxy groups -OCH3 is 4. The third-order valence-electron chi connectivity index (χ3n) is 18.6. The Morgan fingerprint density at radius 1 is 0.460 bits per heavy atom. The molecule has 4 heterocycles. The Labute approximate surface area is 678 Å². The lowest BCUT2D eigenvalue weighted by Gasteiger charge is -2.29. The van der Waals surface area contributed by atoms with Gasteiger partial charge in [-0.05, 0) is 210 Å². The molecular weight excluding hydrogens is 1440 g/mol. The van der Waals surface area contributed by atoms with E-state index in [1.165, 1.54) is 72.5 Å². The van der Waals surface area contributed by atoms with Gasteiger partial charge in [0.15, 0.2) is 0 Å². The minimum Gasteiger partial charge on any atom is -0.491 e. The first kappa shape index (κ1) is 99.4. The Balaban J connectivity index is 0.000000387. The number of alkyl halides is 2. The van der Waals surface area contributed by atoms with Crippen molar-refractivity contribution >= 4 is 0 Å². The average molecular weight is 1580 g/mol. The lowest BCUT2D eigenvalue weighted by molar-refractivity contribution is -0.159. The van der Waals surface area contributed by atoms with E-state index in [0.29, 0.717) is 83.1 Å². The SMILES string of the molecule is C.C.C.CCCCN(C)Cc1cn[nH]c1-c1cc(OCCOC)cc(C(C)C)c1.CCCCN(C)Cc1cn[nH]c1-c1cc(OCCOC)cc(OC(C)(F)F)c1.CCCCN(C)Cc1cn[nH]c1-c1ccc(OC2CCC(OCCOC)CC2)cc1.CCCCN(C)Cc1cnn(CCOC)c1-c1ccc(OC(C)C)cc1. The first-order valence-electron chi connectivity index (χ1n) is 39.7. The Kier molecular flexibility index (Phi) is 48.3. The van der Waals surface area contributed by atoms with Crippen LogP contribution in [0.1, 0.15) is 195 Å². The summed E-state index contributed by atoms with van der Waals surface area (Å²) in [5.74, 6) is 3.59. The summed E-state index contributed by atoms with van der Waals surface area (Å²) in [6, 6.07) is 27.9. The molecule has 0 radical (unpaired) electrons. The van der Waals surface area contributed by atoms with E-state index in [1.807, 2.05) is 56.3 Å². The van der Waals surface area contributed by atoms with E-state index >= 15 is 0 Å². The van der Waals surface area contributed by atoms with Crippen molar-refractivity contribution in [1.29, 1.82) is 0 Å². The fourth-order valence-corrected chi connectivity index (χ4v) is 12.7. The lowest BCUT2D eigenvalue weighted by Crippen LogP contribution is -2.29. The van der Waals surface area contributed by atoms with Crippen molar-refractivity contribution in [2.75, 3.05) is 129 Å². The van der Waals surface area contributed by atoms with Crippen LogP contribution in [0.3, 0.4) is 0 Å². The van der Waals surface area contributed by atoms with Gasteiger partial charge in [0.2, 0.25) is 0 Å². The van der Waals surface area contributed by atoms with E-state index in [-0.39, 0.29) is 40.2 Å². The summed E-state index contributed by atoms with van der Waals surface area (Å²) in [5.41, 5.74) is 14.1. The maximum atomic E-state index is 13.4. The van der Waals surface area contributed by atoms with Gasteiger partial charge in [0.25, 0.3) is 0 Å². The monoisotopic (exact) mass is 1580 g/mol. The maximum Gasteiger partial charge on any atom is 0.394 e.